The molecule has 0 aliphatic heterocycles. The van der Waals surface area contributed by atoms with E-state index >= 15 is 0 Å². The predicted molar refractivity (Wildman–Crippen MR) is 111 cm³/mol. The van der Waals surface area contributed by atoms with Crippen LogP contribution >= 0.6 is 22.9 Å². The maximum absolute atomic E-state index is 5.99. The number of anilines is 2. The molecule has 0 spiro atoms. The van der Waals surface area contributed by atoms with Crippen LogP contribution in [0.4, 0.5) is 10.9 Å². The Hall–Kier alpha value is -2.77. The highest BCUT2D eigenvalue weighted by atomic mass is 35.5. The molecule has 140 valence electrons. The predicted octanol–water partition coefficient (Wildman–Crippen LogP) is 4.72. The zero-order chi connectivity index (χ0) is 19.2. The third-order valence-corrected chi connectivity index (χ3v) is 4.72. The van der Waals surface area contributed by atoms with Gasteiger partial charge < -0.3 is 15.2 Å². The number of benzene rings is 2. The summed E-state index contributed by atoms with van der Waals surface area (Å²) < 4.78 is 11.4. The summed E-state index contributed by atoms with van der Waals surface area (Å²) in [6.45, 7) is 2.32. The molecule has 0 bridgehead atoms. The van der Waals surface area contributed by atoms with Gasteiger partial charge in [-0.15, -0.1) is 11.3 Å². The highest BCUT2D eigenvalue weighted by Crippen LogP contribution is 2.25. The second-order valence-corrected chi connectivity index (χ2v) is 7.01. The number of rotatable bonds is 7. The molecule has 3 aromatic rings. The Bertz CT molecular complexity index is 959. The standard InChI is InChI=1S/C19H19ClN4O2S/c1-12-7-15(20)4-6-16(12)26-10-14-8-13(3-5-17(14)25-2)9-22-24-19-23-18(21)11-27-19/h3-9,11H,10,21H2,1-2H3,(H,23,24). The van der Waals surface area contributed by atoms with Crippen molar-refractivity contribution in [3.8, 4) is 11.5 Å². The molecule has 27 heavy (non-hydrogen) atoms. The number of aryl methyl sites for hydroxylation is 1. The molecule has 3 N–H and O–H groups in total. The highest BCUT2D eigenvalue weighted by Gasteiger charge is 2.07. The Kier molecular flexibility index (Phi) is 6.16. The van der Waals surface area contributed by atoms with Crippen LogP contribution in [0.3, 0.4) is 0 Å². The van der Waals surface area contributed by atoms with Crippen molar-refractivity contribution in [2.24, 2.45) is 5.10 Å². The maximum Gasteiger partial charge on any atom is 0.205 e. The third-order valence-electron chi connectivity index (χ3n) is 3.72. The first-order valence-electron chi connectivity index (χ1n) is 8.11. The molecule has 0 radical (unpaired) electrons. The van der Waals surface area contributed by atoms with Crippen LogP contribution in [0.1, 0.15) is 16.7 Å². The summed E-state index contributed by atoms with van der Waals surface area (Å²) in [5.41, 5.74) is 11.2. The van der Waals surface area contributed by atoms with Crippen LogP contribution in [0.15, 0.2) is 46.9 Å². The highest BCUT2D eigenvalue weighted by molar-refractivity contribution is 7.14. The van der Waals surface area contributed by atoms with Gasteiger partial charge in [-0.25, -0.2) is 4.98 Å². The monoisotopic (exact) mass is 402 g/mol. The van der Waals surface area contributed by atoms with Crippen LogP contribution in [-0.2, 0) is 6.61 Å². The molecule has 1 aromatic heterocycles. The fourth-order valence-electron chi connectivity index (χ4n) is 2.42. The van der Waals surface area contributed by atoms with Gasteiger partial charge in [0.15, 0.2) is 0 Å². The number of hydrogen-bond acceptors (Lipinski definition) is 7. The van der Waals surface area contributed by atoms with Crippen molar-refractivity contribution in [2.45, 2.75) is 13.5 Å². The van der Waals surface area contributed by atoms with Crippen molar-refractivity contribution < 1.29 is 9.47 Å². The number of halogens is 1. The van der Waals surface area contributed by atoms with E-state index < -0.39 is 0 Å². The number of nitrogens with zero attached hydrogens (tertiary/aromatic N) is 2. The number of methoxy groups -OCH3 is 1. The number of nitrogens with two attached hydrogens (primary N) is 1. The van der Waals surface area contributed by atoms with Crippen LogP contribution in [0, 0.1) is 6.92 Å². The summed E-state index contributed by atoms with van der Waals surface area (Å²) in [7, 11) is 1.63. The van der Waals surface area contributed by atoms with Gasteiger partial charge in [0.05, 0.1) is 13.3 Å². The lowest BCUT2D eigenvalue weighted by Crippen LogP contribution is -2.01. The topological polar surface area (TPSA) is 81.8 Å². The summed E-state index contributed by atoms with van der Waals surface area (Å²) >= 11 is 7.38. The van der Waals surface area contributed by atoms with Gasteiger partial charge in [-0.05, 0) is 54.4 Å². The molecule has 3 rings (SSSR count). The van der Waals surface area contributed by atoms with Gasteiger partial charge >= 0.3 is 0 Å². The molecule has 0 fully saturated rings. The number of thiazole rings is 1. The van der Waals surface area contributed by atoms with Crippen molar-refractivity contribution in [1.82, 2.24) is 4.98 Å². The molecule has 8 heteroatoms. The number of nitrogen functional groups attached to an aromatic ring is 1. The molecule has 0 saturated heterocycles. The van der Waals surface area contributed by atoms with Crippen molar-refractivity contribution in [2.75, 3.05) is 18.3 Å². The van der Waals surface area contributed by atoms with Gasteiger partial charge in [-0.2, -0.15) is 5.10 Å². The lowest BCUT2D eigenvalue weighted by molar-refractivity contribution is 0.295. The molecule has 0 saturated carbocycles. The summed E-state index contributed by atoms with van der Waals surface area (Å²) in [4.78, 5) is 4.09. The van der Waals surface area contributed by atoms with Gasteiger partial charge in [-0.3, -0.25) is 5.43 Å². The van der Waals surface area contributed by atoms with Gasteiger partial charge in [0.1, 0.15) is 23.9 Å². The minimum atomic E-state index is 0.365. The van der Waals surface area contributed by atoms with E-state index in [1.165, 1.54) is 11.3 Å². The first-order valence-corrected chi connectivity index (χ1v) is 9.37. The summed E-state index contributed by atoms with van der Waals surface area (Å²) in [5.74, 6) is 2.00. The molecular weight excluding hydrogens is 384 g/mol. The SMILES string of the molecule is COc1ccc(C=NNc2nc(N)cs2)cc1COc1ccc(Cl)cc1C. The molecule has 0 amide bonds. The molecule has 0 aliphatic rings. The zero-order valence-corrected chi connectivity index (χ0v) is 16.5. The van der Waals surface area contributed by atoms with E-state index in [4.69, 9.17) is 26.8 Å². The number of ether oxygens (including phenoxy) is 2. The smallest absolute Gasteiger partial charge is 0.205 e. The lowest BCUT2D eigenvalue weighted by Gasteiger charge is -2.13. The maximum atomic E-state index is 5.99. The van der Waals surface area contributed by atoms with E-state index in [9.17, 15) is 0 Å². The number of aromatic nitrogens is 1. The summed E-state index contributed by atoms with van der Waals surface area (Å²) in [6, 6.07) is 11.3. The molecule has 0 atom stereocenters. The van der Waals surface area contributed by atoms with Crippen molar-refractivity contribution >= 4 is 40.1 Å². The molecule has 2 aromatic carbocycles. The van der Waals surface area contributed by atoms with Gasteiger partial charge in [-0.1, -0.05) is 11.6 Å². The second kappa shape index (κ2) is 8.75. The van der Waals surface area contributed by atoms with Crippen LogP contribution in [0.2, 0.25) is 5.02 Å². The van der Waals surface area contributed by atoms with Gasteiger partial charge in [0.2, 0.25) is 5.13 Å². The number of hydrogen-bond donors (Lipinski definition) is 2. The van der Waals surface area contributed by atoms with Gasteiger partial charge in [0.25, 0.3) is 0 Å². The Labute approximate surface area is 166 Å². The molecule has 6 nitrogen and oxygen atoms in total. The first-order chi connectivity index (χ1) is 13.0. The number of nitrogens with one attached hydrogen (secondary N) is 1. The Morgan fingerprint density at radius 1 is 1.26 bits per heavy atom. The minimum absolute atomic E-state index is 0.365. The Morgan fingerprint density at radius 3 is 2.78 bits per heavy atom. The average molecular weight is 403 g/mol. The minimum Gasteiger partial charge on any atom is -0.496 e. The molecule has 0 unspecified atom stereocenters. The number of hydrazone groups is 1. The summed E-state index contributed by atoms with van der Waals surface area (Å²) in [5, 5.41) is 7.26. The average Bonchev–Trinajstić information content (AvgIpc) is 3.06. The third kappa shape index (κ3) is 5.12. The van der Waals surface area contributed by atoms with E-state index in [0.29, 0.717) is 22.6 Å². The first kappa shape index (κ1) is 19.0. The second-order valence-electron chi connectivity index (χ2n) is 5.72. The van der Waals surface area contributed by atoms with E-state index in [2.05, 4.69) is 15.5 Å². The Morgan fingerprint density at radius 2 is 2.07 bits per heavy atom. The Balaban J connectivity index is 1.70. The van der Waals surface area contributed by atoms with Crippen LogP contribution < -0.4 is 20.6 Å². The molecular formula is C19H19ClN4O2S. The normalized spacial score (nSPS) is 10.9. The van der Waals surface area contributed by atoms with Crippen LogP contribution in [0.5, 0.6) is 11.5 Å². The van der Waals surface area contributed by atoms with Crippen molar-refractivity contribution in [3.63, 3.8) is 0 Å². The molecule has 1 heterocycles. The van der Waals surface area contributed by atoms with Crippen molar-refractivity contribution in [3.05, 3.63) is 63.5 Å². The van der Waals surface area contributed by atoms with E-state index in [1.807, 2.05) is 37.3 Å². The van der Waals surface area contributed by atoms with E-state index in [0.717, 1.165) is 28.2 Å². The van der Waals surface area contributed by atoms with E-state index in [-0.39, 0.29) is 0 Å². The fraction of sp³-hybridized carbons (Fsp3) is 0.158. The molecule has 0 aliphatic carbocycles. The largest absolute Gasteiger partial charge is 0.496 e. The summed E-state index contributed by atoms with van der Waals surface area (Å²) in [6.07, 6.45) is 1.70. The quantitative estimate of drug-likeness (QED) is 0.441. The van der Waals surface area contributed by atoms with Gasteiger partial charge in [0, 0.05) is 16.0 Å². The fourth-order valence-corrected chi connectivity index (χ4v) is 3.20. The van der Waals surface area contributed by atoms with Crippen molar-refractivity contribution in [1.29, 1.82) is 0 Å². The zero-order valence-electron chi connectivity index (χ0n) is 14.9. The lowest BCUT2D eigenvalue weighted by atomic mass is 10.1. The van der Waals surface area contributed by atoms with E-state index in [1.54, 1.807) is 24.8 Å². The van der Waals surface area contributed by atoms with Crippen LogP contribution in [0.25, 0.3) is 0 Å². The van der Waals surface area contributed by atoms with Crippen LogP contribution in [-0.4, -0.2) is 18.3 Å².